The molecular weight excluding hydrogens is 847 g/mol. The molecule has 0 aliphatic heterocycles. The van der Waals surface area contributed by atoms with Gasteiger partial charge in [0.2, 0.25) is 0 Å². The largest absolute Gasteiger partial charge is 0.456 e. The van der Waals surface area contributed by atoms with Crippen molar-refractivity contribution in [3.63, 3.8) is 0 Å². The number of para-hydroxylation sites is 1. The standard InChI is InChI=1S/C68H61NO/c1-65(2,3)45-35-44(36-46(39-45)66(4,5)6)50-32-29-43(51-24-18-28-63-64(51)56-23-13-16-27-62(56)70-63)38-57(50)42-19-17-20-47(37-42)69(48-30-33-54-52-21-11-14-25-58(52)67(7,8)60(54)40-48)49-31-34-55-53-22-12-15-26-59(53)68(9,10)61(55)41-49/h11-41H,1-10H3. The van der Waals surface area contributed by atoms with E-state index >= 15 is 0 Å². The Hall–Kier alpha value is -7.42. The van der Waals surface area contributed by atoms with E-state index in [1.165, 1.54) is 72.3 Å². The van der Waals surface area contributed by atoms with Gasteiger partial charge in [0.25, 0.3) is 0 Å². The molecule has 0 spiro atoms. The molecule has 9 aromatic carbocycles. The fourth-order valence-electron chi connectivity index (χ4n) is 11.8. The van der Waals surface area contributed by atoms with Gasteiger partial charge in [-0.25, -0.2) is 0 Å². The van der Waals surface area contributed by atoms with Crippen molar-refractivity contribution >= 4 is 39.0 Å². The summed E-state index contributed by atoms with van der Waals surface area (Å²) in [5.74, 6) is 0. The van der Waals surface area contributed by atoms with Crippen molar-refractivity contribution in [3.05, 3.63) is 221 Å². The number of nitrogens with zero attached hydrogens (tertiary/aromatic N) is 1. The maximum atomic E-state index is 6.45. The Kier molecular flexibility index (Phi) is 9.73. The van der Waals surface area contributed by atoms with Crippen molar-refractivity contribution in [1.82, 2.24) is 0 Å². The van der Waals surface area contributed by atoms with Crippen LogP contribution in [0.5, 0.6) is 0 Å². The molecule has 0 fully saturated rings. The summed E-state index contributed by atoms with van der Waals surface area (Å²) in [7, 11) is 0. The van der Waals surface area contributed by atoms with Gasteiger partial charge in [0.1, 0.15) is 11.2 Å². The zero-order chi connectivity index (χ0) is 48.5. The molecule has 0 saturated heterocycles. The molecule has 70 heavy (non-hydrogen) atoms. The Balaban J connectivity index is 1.09. The lowest BCUT2D eigenvalue weighted by atomic mass is 9.78. The van der Waals surface area contributed by atoms with E-state index in [2.05, 4.69) is 262 Å². The lowest BCUT2D eigenvalue weighted by Gasteiger charge is -2.30. The van der Waals surface area contributed by atoms with Crippen LogP contribution in [0.2, 0.25) is 0 Å². The smallest absolute Gasteiger partial charge is 0.136 e. The highest BCUT2D eigenvalue weighted by molar-refractivity contribution is 6.12. The van der Waals surface area contributed by atoms with Gasteiger partial charge in [-0.05, 0) is 154 Å². The number of benzene rings is 9. The third-order valence-electron chi connectivity index (χ3n) is 15.8. The normalized spacial score (nSPS) is 14.4. The summed E-state index contributed by atoms with van der Waals surface area (Å²) in [4.78, 5) is 2.50. The van der Waals surface area contributed by atoms with Crippen LogP contribution in [0.3, 0.4) is 0 Å². The average Bonchev–Trinajstić information content (AvgIpc) is 3.93. The highest BCUT2D eigenvalue weighted by atomic mass is 16.3. The molecule has 0 radical (unpaired) electrons. The van der Waals surface area contributed by atoms with E-state index in [9.17, 15) is 0 Å². The highest BCUT2D eigenvalue weighted by Gasteiger charge is 2.38. The highest BCUT2D eigenvalue weighted by Crippen LogP contribution is 2.54. The number of anilines is 3. The van der Waals surface area contributed by atoms with E-state index in [0.717, 1.165) is 55.7 Å². The first-order valence-corrected chi connectivity index (χ1v) is 25.1. The van der Waals surface area contributed by atoms with Gasteiger partial charge in [-0.3, -0.25) is 0 Å². The van der Waals surface area contributed by atoms with Gasteiger partial charge in [-0.2, -0.15) is 0 Å². The molecule has 0 saturated carbocycles. The second-order valence-corrected chi connectivity index (χ2v) is 23.0. The summed E-state index contributed by atoms with van der Waals surface area (Å²) in [6, 6.07) is 70.8. The Morgan fingerprint density at radius 3 is 1.44 bits per heavy atom. The number of hydrogen-bond donors (Lipinski definition) is 0. The van der Waals surface area contributed by atoms with Gasteiger partial charge >= 0.3 is 0 Å². The minimum absolute atomic E-state index is 0.0356. The molecular formula is C68H61NO. The lowest BCUT2D eigenvalue weighted by Crippen LogP contribution is -2.18. The van der Waals surface area contributed by atoms with Crippen LogP contribution in [0.1, 0.15) is 103 Å². The molecule has 1 aromatic heterocycles. The van der Waals surface area contributed by atoms with Gasteiger partial charge < -0.3 is 9.32 Å². The third-order valence-corrected chi connectivity index (χ3v) is 15.8. The molecule has 10 aromatic rings. The number of rotatable bonds is 6. The molecule has 0 N–H and O–H groups in total. The van der Waals surface area contributed by atoms with Crippen molar-refractivity contribution in [2.45, 2.75) is 90.9 Å². The molecule has 2 aliphatic rings. The minimum Gasteiger partial charge on any atom is -0.456 e. The molecule has 2 aliphatic carbocycles. The maximum Gasteiger partial charge on any atom is 0.136 e. The van der Waals surface area contributed by atoms with Crippen molar-refractivity contribution < 1.29 is 4.42 Å². The number of hydrogen-bond acceptors (Lipinski definition) is 2. The van der Waals surface area contributed by atoms with E-state index in [0.29, 0.717) is 0 Å². The monoisotopic (exact) mass is 907 g/mol. The predicted molar refractivity (Wildman–Crippen MR) is 297 cm³/mol. The van der Waals surface area contributed by atoms with Crippen LogP contribution in [0.4, 0.5) is 17.1 Å². The Morgan fingerprint density at radius 1 is 0.343 bits per heavy atom. The zero-order valence-corrected chi connectivity index (χ0v) is 42.3. The van der Waals surface area contributed by atoms with Crippen molar-refractivity contribution in [3.8, 4) is 55.6 Å². The maximum absolute atomic E-state index is 6.45. The molecule has 2 heteroatoms. The van der Waals surface area contributed by atoms with Crippen LogP contribution in [-0.4, -0.2) is 0 Å². The summed E-state index contributed by atoms with van der Waals surface area (Å²) < 4.78 is 6.45. The first kappa shape index (κ1) is 43.8. The average molecular weight is 908 g/mol. The number of fused-ring (bicyclic) bond motifs is 9. The molecule has 0 amide bonds. The molecule has 344 valence electrons. The first-order valence-electron chi connectivity index (χ1n) is 25.1. The predicted octanol–water partition coefficient (Wildman–Crippen LogP) is 19.3. The van der Waals surface area contributed by atoms with Gasteiger partial charge in [-0.15, -0.1) is 0 Å². The van der Waals surface area contributed by atoms with Crippen LogP contribution in [0, 0.1) is 0 Å². The van der Waals surface area contributed by atoms with Gasteiger partial charge in [-0.1, -0.05) is 203 Å². The molecule has 0 atom stereocenters. The van der Waals surface area contributed by atoms with Crippen LogP contribution < -0.4 is 4.90 Å². The summed E-state index contributed by atoms with van der Waals surface area (Å²) >= 11 is 0. The third kappa shape index (κ3) is 6.90. The lowest BCUT2D eigenvalue weighted by molar-refractivity contribution is 0.569. The summed E-state index contributed by atoms with van der Waals surface area (Å²) in [6.45, 7) is 23.5. The Bertz CT molecular complexity index is 3610. The fourth-order valence-corrected chi connectivity index (χ4v) is 11.8. The molecule has 1 heterocycles. The van der Waals surface area contributed by atoms with E-state index < -0.39 is 0 Å². The summed E-state index contributed by atoms with van der Waals surface area (Å²) in [5, 5.41) is 2.27. The fraction of sp³-hybridized carbons (Fsp3) is 0.206. The van der Waals surface area contributed by atoms with Gasteiger partial charge in [0.05, 0.1) is 0 Å². The Labute approximate surface area is 414 Å². The quantitative estimate of drug-likeness (QED) is 0.165. The number of furan rings is 1. The zero-order valence-electron chi connectivity index (χ0n) is 42.3. The second-order valence-electron chi connectivity index (χ2n) is 23.0. The molecule has 12 rings (SSSR count). The van der Waals surface area contributed by atoms with E-state index in [1.807, 2.05) is 0 Å². The second kappa shape index (κ2) is 15.5. The minimum atomic E-state index is -0.150. The van der Waals surface area contributed by atoms with E-state index in [-0.39, 0.29) is 21.7 Å². The topological polar surface area (TPSA) is 16.4 Å². The van der Waals surface area contributed by atoms with Crippen molar-refractivity contribution in [1.29, 1.82) is 0 Å². The van der Waals surface area contributed by atoms with Crippen molar-refractivity contribution in [2.75, 3.05) is 4.90 Å². The van der Waals surface area contributed by atoms with Gasteiger partial charge in [0, 0.05) is 38.7 Å². The molecule has 0 unspecified atom stereocenters. The van der Waals surface area contributed by atoms with Crippen LogP contribution in [-0.2, 0) is 21.7 Å². The Morgan fingerprint density at radius 2 is 0.829 bits per heavy atom. The summed E-state index contributed by atoms with van der Waals surface area (Å²) in [6.07, 6.45) is 0. The SMILES string of the molecule is CC(C)(C)c1cc(-c2ccc(-c3cccc4oc5ccccc5c34)cc2-c2cccc(N(c3ccc4c(c3)C(C)(C)c3ccccc3-4)c3ccc4c(c3)C(C)(C)c3ccccc3-4)c2)cc(C(C)(C)C)c1. The van der Waals surface area contributed by atoms with Gasteiger partial charge in [0.15, 0.2) is 0 Å². The molecule has 2 nitrogen and oxygen atoms in total. The van der Waals surface area contributed by atoms with Crippen LogP contribution in [0.15, 0.2) is 192 Å². The van der Waals surface area contributed by atoms with Crippen molar-refractivity contribution in [2.24, 2.45) is 0 Å². The molecule has 0 bridgehead atoms. The van der Waals surface area contributed by atoms with E-state index in [4.69, 9.17) is 4.42 Å². The van der Waals surface area contributed by atoms with Crippen LogP contribution in [0.25, 0.3) is 77.6 Å². The van der Waals surface area contributed by atoms with E-state index in [1.54, 1.807) is 0 Å². The first-order chi connectivity index (χ1) is 33.5. The summed E-state index contributed by atoms with van der Waals surface area (Å²) in [5.41, 5.74) is 25.4. The van der Waals surface area contributed by atoms with Crippen LogP contribution >= 0.6 is 0 Å².